The summed E-state index contributed by atoms with van der Waals surface area (Å²) in [5.74, 6) is 0.501. The highest BCUT2D eigenvalue weighted by molar-refractivity contribution is 5.94. The van der Waals surface area contributed by atoms with Crippen molar-refractivity contribution in [2.45, 2.75) is 39.2 Å². The maximum absolute atomic E-state index is 12.5. The van der Waals surface area contributed by atoms with Gasteiger partial charge in [-0.3, -0.25) is 9.59 Å². The van der Waals surface area contributed by atoms with Gasteiger partial charge in [0, 0.05) is 19.1 Å². The molecule has 0 atom stereocenters. The Morgan fingerprint density at radius 3 is 2.60 bits per heavy atom. The number of hydrogen-bond acceptors (Lipinski definition) is 4. The van der Waals surface area contributed by atoms with Gasteiger partial charge >= 0.3 is 0 Å². The van der Waals surface area contributed by atoms with Gasteiger partial charge in [0.1, 0.15) is 11.3 Å². The van der Waals surface area contributed by atoms with Gasteiger partial charge in [-0.25, -0.2) is 0 Å². The first-order chi connectivity index (χ1) is 12.0. The largest absolute Gasteiger partial charge is 0.361 e. The lowest BCUT2D eigenvalue weighted by atomic mass is 10.0. The number of amides is 2. The maximum Gasteiger partial charge on any atom is 0.256 e. The lowest BCUT2D eigenvalue weighted by molar-refractivity contribution is -0.131. The van der Waals surface area contributed by atoms with Crippen molar-refractivity contribution in [3.8, 4) is 0 Å². The molecule has 2 aromatic rings. The second-order valence-electron chi connectivity index (χ2n) is 6.53. The lowest BCUT2D eigenvalue weighted by Crippen LogP contribution is -2.47. The van der Waals surface area contributed by atoms with Crippen molar-refractivity contribution >= 4 is 11.8 Å². The standard InChI is InChI=1S/C19H23N3O3/c1-13-5-3-4-6-15(13)11-18(23)22-9-7-16(8-10-22)21-19(24)17-12-20-25-14(17)2/h3-6,12,16H,7-11H2,1-2H3,(H,21,24). The molecule has 1 fully saturated rings. The van der Waals surface area contributed by atoms with Gasteiger partial charge in [-0.05, 0) is 37.8 Å². The number of aromatic nitrogens is 1. The Balaban J connectivity index is 1.50. The first kappa shape index (κ1) is 17.2. The van der Waals surface area contributed by atoms with Crippen LogP contribution < -0.4 is 5.32 Å². The van der Waals surface area contributed by atoms with E-state index in [4.69, 9.17) is 4.52 Å². The van der Waals surface area contributed by atoms with Crippen LogP contribution >= 0.6 is 0 Å². The number of nitrogens with zero attached hydrogens (tertiary/aromatic N) is 2. The van der Waals surface area contributed by atoms with Crippen LogP contribution in [0.3, 0.4) is 0 Å². The van der Waals surface area contributed by atoms with Crippen molar-refractivity contribution in [2.75, 3.05) is 13.1 Å². The quantitative estimate of drug-likeness (QED) is 0.925. The molecule has 6 heteroatoms. The summed E-state index contributed by atoms with van der Waals surface area (Å²) in [6.07, 6.45) is 3.39. The highest BCUT2D eigenvalue weighted by Crippen LogP contribution is 2.15. The summed E-state index contributed by atoms with van der Waals surface area (Å²) >= 11 is 0. The Hall–Kier alpha value is -2.63. The minimum atomic E-state index is -0.163. The molecule has 1 aromatic heterocycles. The molecule has 2 heterocycles. The second-order valence-corrected chi connectivity index (χ2v) is 6.53. The monoisotopic (exact) mass is 341 g/mol. The average Bonchev–Trinajstić information content (AvgIpc) is 3.03. The third kappa shape index (κ3) is 4.07. The second kappa shape index (κ2) is 7.51. The number of carbonyl (C=O) groups excluding carboxylic acids is 2. The molecule has 0 radical (unpaired) electrons. The molecule has 0 spiro atoms. The lowest BCUT2D eigenvalue weighted by Gasteiger charge is -2.32. The highest BCUT2D eigenvalue weighted by Gasteiger charge is 2.25. The van der Waals surface area contributed by atoms with Crippen LogP contribution in [0.15, 0.2) is 35.0 Å². The predicted octanol–water partition coefficient (Wildman–Crippen LogP) is 2.25. The van der Waals surface area contributed by atoms with E-state index in [1.807, 2.05) is 36.1 Å². The molecular weight excluding hydrogens is 318 g/mol. The number of benzene rings is 1. The Morgan fingerprint density at radius 2 is 1.96 bits per heavy atom. The maximum atomic E-state index is 12.5. The number of hydrogen-bond donors (Lipinski definition) is 1. The van der Waals surface area contributed by atoms with E-state index in [0.29, 0.717) is 30.8 Å². The zero-order valence-electron chi connectivity index (χ0n) is 14.6. The summed E-state index contributed by atoms with van der Waals surface area (Å²) < 4.78 is 4.93. The highest BCUT2D eigenvalue weighted by atomic mass is 16.5. The van der Waals surface area contributed by atoms with Crippen molar-refractivity contribution in [1.29, 1.82) is 0 Å². The number of carbonyl (C=O) groups is 2. The molecule has 0 aliphatic carbocycles. The topological polar surface area (TPSA) is 75.4 Å². The third-order valence-electron chi connectivity index (χ3n) is 4.78. The van der Waals surface area contributed by atoms with Crippen molar-refractivity contribution in [3.63, 3.8) is 0 Å². The van der Waals surface area contributed by atoms with Crippen LogP contribution in [0, 0.1) is 13.8 Å². The van der Waals surface area contributed by atoms with E-state index in [-0.39, 0.29) is 17.9 Å². The van der Waals surface area contributed by atoms with Gasteiger partial charge in [-0.2, -0.15) is 0 Å². The van der Waals surface area contributed by atoms with E-state index in [1.165, 1.54) is 6.20 Å². The van der Waals surface area contributed by atoms with Gasteiger partial charge in [-0.15, -0.1) is 0 Å². The van der Waals surface area contributed by atoms with Gasteiger partial charge in [-0.1, -0.05) is 29.4 Å². The van der Waals surface area contributed by atoms with E-state index >= 15 is 0 Å². The van der Waals surface area contributed by atoms with Crippen LogP contribution in [-0.4, -0.2) is 41.0 Å². The molecule has 6 nitrogen and oxygen atoms in total. The molecule has 2 amide bonds. The first-order valence-electron chi connectivity index (χ1n) is 8.59. The molecule has 25 heavy (non-hydrogen) atoms. The van der Waals surface area contributed by atoms with Crippen LogP contribution in [0.5, 0.6) is 0 Å². The minimum absolute atomic E-state index is 0.0734. The molecule has 0 saturated carbocycles. The summed E-state index contributed by atoms with van der Waals surface area (Å²) in [6.45, 7) is 5.07. The fourth-order valence-electron chi connectivity index (χ4n) is 3.14. The normalized spacial score (nSPS) is 15.2. The van der Waals surface area contributed by atoms with E-state index < -0.39 is 0 Å². The first-order valence-corrected chi connectivity index (χ1v) is 8.59. The Labute approximate surface area is 147 Å². The molecule has 1 saturated heterocycles. The van der Waals surface area contributed by atoms with Gasteiger partial charge in [0.05, 0.1) is 12.6 Å². The molecule has 0 unspecified atom stereocenters. The van der Waals surface area contributed by atoms with E-state index in [9.17, 15) is 9.59 Å². The summed E-state index contributed by atoms with van der Waals surface area (Å²) in [5.41, 5.74) is 2.69. The Morgan fingerprint density at radius 1 is 1.24 bits per heavy atom. The van der Waals surface area contributed by atoms with Gasteiger partial charge in [0.15, 0.2) is 0 Å². The molecule has 0 bridgehead atoms. The number of piperidine rings is 1. The molecule has 1 aromatic carbocycles. The molecule has 1 N–H and O–H groups in total. The van der Waals surface area contributed by atoms with Gasteiger partial charge in [0.25, 0.3) is 5.91 Å². The number of likely N-dealkylation sites (tertiary alicyclic amines) is 1. The SMILES string of the molecule is Cc1ccccc1CC(=O)N1CCC(NC(=O)c2cnoc2C)CC1. The van der Waals surface area contributed by atoms with Crippen LogP contribution in [0.2, 0.25) is 0 Å². The average molecular weight is 341 g/mol. The summed E-state index contributed by atoms with van der Waals surface area (Å²) in [4.78, 5) is 26.6. The van der Waals surface area contributed by atoms with E-state index in [1.54, 1.807) is 6.92 Å². The van der Waals surface area contributed by atoms with Crippen LogP contribution in [0.1, 0.15) is 40.1 Å². The summed E-state index contributed by atoms with van der Waals surface area (Å²) in [6, 6.07) is 8.04. The summed E-state index contributed by atoms with van der Waals surface area (Å²) in [7, 11) is 0. The predicted molar refractivity (Wildman–Crippen MR) is 93.2 cm³/mol. The Kier molecular flexibility index (Phi) is 5.16. The zero-order valence-corrected chi connectivity index (χ0v) is 14.6. The van der Waals surface area contributed by atoms with Gasteiger partial charge < -0.3 is 14.7 Å². The number of nitrogens with one attached hydrogen (secondary N) is 1. The molecule has 3 rings (SSSR count). The molecular formula is C19H23N3O3. The molecule has 1 aliphatic heterocycles. The van der Waals surface area contributed by atoms with Crippen LogP contribution in [-0.2, 0) is 11.2 Å². The van der Waals surface area contributed by atoms with Crippen molar-refractivity contribution in [2.24, 2.45) is 0 Å². The number of aryl methyl sites for hydroxylation is 2. The summed E-state index contributed by atoms with van der Waals surface area (Å²) in [5, 5.41) is 6.63. The van der Waals surface area contributed by atoms with Crippen LogP contribution in [0.4, 0.5) is 0 Å². The van der Waals surface area contributed by atoms with Crippen LogP contribution in [0.25, 0.3) is 0 Å². The fourth-order valence-corrected chi connectivity index (χ4v) is 3.14. The third-order valence-corrected chi connectivity index (χ3v) is 4.78. The smallest absolute Gasteiger partial charge is 0.256 e. The number of rotatable bonds is 4. The van der Waals surface area contributed by atoms with Gasteiger partial charge in [0.2, 0.25) is 5.91 Å². The fraction of sp³-hybridized carbons (Fsp3) is 0.421. The van der Waals surface area contributed by atoms with E-state index in [2.05, 4.69) is 10.5 Å². The van der Waals surface area contributed by atoms with E-state index in [0.717, 1.165) is 24.0 Å². The Bertz CT molecular complexity index is 761. The molecule has 1 aliphatic rings. The van der Waals surface area contributed by atoms with Crippen molar-refractivity contribution < 1.29 is 14.1 Å². The zero-order chi connectivity index (χ0) is 17.8. The van der Waals surface area contributed by atoms with Crippen molar-refractivity contribution in [1.82, 2.24) is 15.4 Å². The minimum Gasteiger partial charge on any atom is -0.361 e. The van der Waals surface area contributed by atoms with Crippen molar-refractivity contribution in [3.05, 3.63) is 52.9 Å². The molecule has 132 valence electrons.